The van der Waals surface area contributed by atoms with Crippen LogP contribution in [0.15, 0.2) is 206 Å². The molecule has 0 aromatic heterocycles. The monoisotopic (exact) mass is 704 g/mol. The summed E-state index contributed by atoms with van der Waals surface area (Å²) in [6.07, 6.45) is 0. The van der Waals surface area contributed by atoms with Crippen LogP contribution in [-0.4, -0.2) is 0 Å². The first kappa shape index (κ1) is 32.7. The predicted molar refractivity (Wildman–Crippen MR) is 234 cm³/mol. The third-order valence-electron chi connectivity index (χ3n) is 11.4. The van der Waals surface area contributed by atoms with Crippen LogP contribution in [-0.2, 0) is 5.41 Å². The van der Waals surface area contributed by atoms with Gasteiger partial charge in [-0.05, 0) is 98.6 Å². The number of anilines is 6. The first-order valence-electron chi connectivity index (χ1n) is 19.1. The number of benzene rings is 9. The van der Waals surface area contributed by atoms with Gasteiger partial charge in [-0.3, -0.25) is 0 Å². The van der Waals surface area contributed by atoms with Crippen molar-refractivity contribution in [2.24, 2.45) is 0 Å². The normalized spacial score (nSPS) is 12.7. The number of hydrogen-bond acceptors (Lipinski definition) is 2. The van der Waals surface area contributed by atoms with Gasteiger partial charge in [-0.2, -0.15) is 0 Å². The lowest BCUT2D eigenvalue weighted by atomic mass is 9.82. The van der Waals surface area contributed by atoms with Crippen LogP contribution in [0.25, 0.3) is 43.8 Å². The molecule has 0 unspecified atom stereocenters. The lowest BCUT2D eigenvalue weighted by Crippen LogP contribution is -2.17. The molecule has 9 aromatic rings. The zero-order valence-electron chi connectivity index (χ0n) is 31.0. The SMILES string of the molecule is CC1(C)c2ccccc2-c2ccc(N(c3cc(N(c4ccccc4)c4ccccc4)c4c(ccc5ccccc54)c3)c3ccccc3-c3ccccc3)cc21. The van der Waals surface area contributed by atoms with Crippen LogP contribution >= 0.6 is 0 Å². The van der Waals surface area contributed by atoms with Gasteiger partial charge in [0.1, 0.15) is 0 Å². The van der Waals surface area contributed by atoms with Gasteiger partial charge in [0.15, 0.2) is 0 Å². The highest BCUT2D eigenvalue weighted by molar-refractivity contribution is 6.16. The number of nitrogens with zero attached hydrogens (tertiary/aromatic N) is 2. The highest BCUT2D eigenvalue weighted by Crippen LogP contribution is 2.52. The van der Waals surface area contributed by atoms with E-state index < -0.39 is 0 Å². The summed E-state index contributed by atoms with van der Waals surface area (Å²) in [5, 5.41) is 4.85. The molecule has 0 spiro atoms. The highest BCUT2D eigenvalue weighted by atomic mass is 15.2. The fourth-order valence-electron chi connectivity index (χ4n) is 8.78. The van der Waals surface area contributed by atoms with Crippen molar-refractivity contribution in [3.05, 3.63) is 217 Å². The Morgan fingerprint density at radius 3 is 1.65 bits per heavy atom. The minimum atomic E-state index is -0.141. The van der Waals surface area contributed by atoms with Crippen molar-refractivity contribution in [2.75, 3.05) is 9.80 Å². The third-order valence-corrected chi connectivity index (χ3v) is 11.4. The molecule has 0 aliphatic heterocycles. The molecule has 2 heteroatoms. The van der Waals surface area contributed by atoms with Crippen LogP contribution in [0.1, 0.15) is 25.0 Å². The van der Waals surface area contributed by atoms with Crippen molar-refractivity contribution >= 4 is 55.7 Å². The number of para-hydroxylation sites is 3. The second kappa shape index (κ2) is 13.2. The zero-order chi connectivity index (χ0) is 36.9. The summed E-state index contributed by atoms with van der Waals surface area (Å²) in [6.45, 7) is 4.72. The van der Waals surface area contributed by atoms with E-state index in [-0.39, 0.29) is 5.41 Å². The van der Waals surface area contributed by atoms with Gasteiger partial charge in [0.25, 0.3) is 0 Å². The molecular weight excluding hydrogens is 665 g/mol. The Bertz CT molecular complexity index is 2800. The minimum absolute atomic E-state index is 0.141. The summed E-state index contributed by atoms with van der Waals surface area (Å²) in [6, 6.07) is 75.2. The van der Waals surface area contributed by atoms with Gasteiger partial charge in [-0.1, -0.05) is 166 Å². The summed E-state index contributed by atoms with van der Waals surface area (Å²) in [5.74, 6) is 0. The third kappa shape index (κ3) is 5.49. The van der Waals surface area contributed by atoms with E-state index in [0.29, 0.717) is 0 Å². The number of fused-ring (bicyclic) bond motifs is 6. The molecule has 0 N–H and O–H groups in total. The van der Waals surface area contributed by atoms with Crippen molar-refractivity contribution in [2.45, 2.75) is 19.3 Å². The maximum atomic E-state index is 2.48. The van der Waals surface area contributed by atoms with E-state index >= 15 is 0 Å². The Morgan fingerprint density at radius 2 is 0.909 bits per heavy atom. The van der Waals surface area contributed by atoms with Gasteiger partial charge in [0, 0.05) is 39.1 Å². The molecule has 1 aliphatic rings. The van der Waals surface area contributed by atoms with Crippen molar-refractivity contribution in [3.63, 3.8) is 0 Å². The molecule has 0 heterocycles. The average Bonchev–Trinajstić information content (AvgIpc) is 3.47. The molecule has 0 saturated heterocycles. The van der Waals surface area contributed by atoms with Crippen LogP contribution in [0.2, 0.25) is 0 Å². The van der Waals surface area contributed by atoms with Gasteiger partial charge in [0.05, 0.1) is 11.4 Å². The fourth-order valence-corrected chi connectivity index (χ4v) is 8.78. The Morgan fingerprint density at radius 1 is 0.345 bits per heavy atom. The van der Waals surface area contributed by atoms with Crippen LogP contribution in [0, 0.1) is 0 Å². The molecule has 9 aromatic carbocycles. The van der Waals surface area contributed by atoms with Crippen molar-refractivity contribution in [1.29, 1.82) is 0 Å². The molecule has 262 valence electrons. The first-order valence-corrected chi connectivity index (χ1v) is 19.1. The van der Waals surface area contributed by atoms with Crippen molar-refractivity contribution in [1.82, 2.24) is 0 Å². The molecule has 0 atom stereocenters. The fraction of sp³-hybridized carbons (Fsp3) is 0.0566. The smallest absolute Gasteiger partial charge is 0.0567 e. The highest BCUT2D eigenvalue weighted by Gasteiger charge is 2.36. The molecule has 0 amide bonds. The lowest BCUT2D eigenvalue weighted by molar-refractivity contribution is 0.660. The molecule has 2 nitrogen and oxygen atoms in total. The Balaban J connectivity index is 1.29. The van der Waals surface area contributed by atoms with Gasteiger partial charge >= 0.3 is 0 Å². The zero-order valence-corrected chi connectivity index (χ0v) is 31.0. The molecule has 0 bridgehead atoms. The lowest BCUT2D eigenvalue weighted by Gasteiger charge is -2.32. The predicted octanol–water partition coefficient (Wildman–Crippen LogP) is 14.9. The van der Waals surface area contributed by atoms with Gasteiger partial charge in [0.2, 0.25) is 0 Å². The van der Waals surface area contributed by atoms with Crippen molar-refractivity contribution < 1.29 is 0 Å². The van der Waals surface area contributed by atoms with E-state index in [1.54, 1.807) is 0 Å². The molecule has 0 fully saturated rings. The van der Waals surface area contributed by atoms with Crippen LogP contribution in [0.5, 0.6) is 0 Å². The Hall–Kier alpha value is -6.90. The summed E-state index contributed by atoms with van der Waals surface area (Å²) >= 11 is 0. The van der Waals surface area contributed by atoms with E-state index in [1.807, 2.05) is 0 Å². The first-order chi connectivity index (χ1) is 27.1. The summed E-state index contributed by atoms with van der Waals surface area (Å²) in [7, 11) is 0. The number of rotatable bonds is 7. The second-order valence-electron chi connectivity index (χ2n) is 15.0. The second-order valence-corrected chi connectivity index (χ2v) is 15.0. The maximum Gasteiger partial charge on any atom is 0.0567 e. The van der Waals surface area contributed by atoms with Crippen LogP contribution < -0.4 is 9.80 Å². The Kier molecular flexibility index (Phi) is 7.85. The standard InChI is InChI=1S/C53H40N2/c1-53(2)48-28-16-14-27-46(48)47-33-32-42(35-49(47)53)55(50-29-17-15-25-44(50)37-18-6-3-7-19-37)43-34-39-31-30-38-20-12-13-26-45(38)52(39)51(36-43)54(40-21-8-4-9-22-40)41-23-10-5-11-24-41/h3-36H,1-2H3. The molecule has 10 rings (SSSR count). The topological polar surface area (TPSA) is 6.48 Å². The van der Waals surface area contributed by atoms with Crippen LogP contribution in [0.4, 0.5) is 34.1 Å². The molecule has 0 radical (unpaired) electrons. The molecule has 55 heavy (non-hydrogen) atoms. The van der Waals surface area contributed by atoms with E-state index in [0.717, 1.165) is 34.1 Å². The van der Waals surface area contributed by atoms with Crippen LogP contribution in [0.3, 0.4) is 0 Å². The minimum Gasteiger partial charge on any atom is -0.310 e. The maximum absolute atomic E-state index is 2.48. The van der Waals surface area contributed by atoms with Gasteiger partial charge in [-0.25, -0.2) is 0 Å². The van der Waals surface area contributed by atoms with E-state index in [9.17, 15) is 0 Å². The average molecular weight is 705 g/mol. The van der Waals surface area contributed by atoms with E-state index in [1.165, 1.54) is 54.9 Å². The quantitative estimate of drug-likeness (QED) is 0.152. The Labute approximate surface area is 323 Å². The molecule has 0 saturated carbocycles. The summed E-state index contributed by atoms with van der Waals surface area (Å²) in [4.78, 5) is 4.90. The summed E-state index contributed by atoms with van der Waals surface area (Å²) < 4.78 is 0. The van der Waals surface area contributed by atoms with E-state index in [2.05, 4.69) is 230 Å². The molecule has 1 aliphatic carbocycles. The summed E-state index contributed by atoms with van der Waals surface area (Å²) in [5.41, 5.74) is 14.2. The van der Waals surface area contributed by atoms with Crippen molar-refractivity contribution in [3.8, 4) is 22.3 Å². The van der Waals surface area contributed by atoms with E-state index in [4.69, 9.17) is 0 Å². The molecular formula is C53H40N2. The van der Waals surface area contributed by atoms with Gasteiger partial charge < -0.3 is 9.80 Å². The van der Waals surface area contributed by atoms with Gasteiger partial charge in [-0.15, -0.1) is 0 Å². The largest absolute Gasteiger partial charge is 0.310 e. The number of hydrogen-bond donors (Lipinski definition) is 0.